The zero-order valence-corrected chi connectivity index (χ0v) is 11.9. The van der Waals surface area contributed by atoms with Gasteiger partial charge in [0, 0.05) is 24.4 Å². The summed E-state index contributed by atoms with van der Waals surface area (Å²) in [5, 5.41) is 4.69. The zero-order valence-electron chi connectivity index (χ0n) is 11.9. The molecular formula is C15H16F4N2O. The Balaban J connectivity index is 1.60. The van der Waals surface area contributed by atoms with Gasteiger partial charge in [-0.25, -0.2) is 4.39 Å². The molecule has 2 aromatic rings. The fourth-order valence-corrected chi connectivity index (χ4v) is 2.97. The standard InChI is InChI=1S/C15H16F4N2O/c16-11-1-2-12-13(20-22-14(12)7-11)9-21-5-3-10(4-6-21)8-15(17,18)19/h1-2,7,10H,3-6,8-9H2. The molecule has 120 valence electrons. The summed E-state index contributed by atoms with van der Waals surface area (Å²) in [6.07, 6.45) is -3.72. The number of halogens is 4. The maximum absolute atomic E-state index is 13.1. The molecule has 1 fully saturated rings. The molecule has 3 nitrogen and oxygen atoms in total. The van der Waals surface area contributed by atoms with Crippen molar-refractivity contribution in [3.63, 3.8) is 0 Å². The van der Waals surface area contributed by atoms with Gasteiger partial charge in [-0.05, 0) is 44.0 Å². The molecule has 1 saturated heterocycles. The van der Waals surface area contributed by atoms with Gasteiger partial charge in [-0.15, -0.1) is 0 Å². The molecule has 0 spiro atoms. The van der Waals surface area contributed by atoms with E-state index in [1.807, 2.05) is 0 Å². The van der Waals surface area contributed by atoms with E-state index in [0.717, 1.165) is 5.39 Å². The van der Waals surface area contributed by atoms with Gasteiger partial charge in [0.05, 0.1) is 0 Å². The Labute approximate surface area is 124 Å². The number of hydrogen-bond donors (Lipinski definition) is 0. The third kappa shape index (κ3) is 3.58. The summed E-state index contributed by atoms with van der Waals surface area (Å²) in [7, 11) is 0. The molecule has 1 aliphatic heterocycles. The Morgan fingerprint density at radius 2 is 1.95 bits per heavy atom. The Morgan fingerprint density at radius 1 is 1.23 bits per heavy atom. The summed E-state index contributed by atoms with van der Waals surface area (Å²) in [6, 6.07) is 4.24. The second-order valence-corrected chi connectivity index (χ2v) is 5.81. The van der Waals surface area contributed by atoms with Crippen molar-refractivity contribution in [1.82, 2.24) is 10.1 Å². The lowest BCUT2D eigenvalue weighted by atomic mass is 9.93. The van der Waals surface area contributed by atoms with Crippen molar-refractivity contribution in [2.75, 3.05) is 13.1 Å². The third-order valence-electron chi connectivity index (χ3n) is 4.11. The van der Waals surface area contributed by atoms with Crippen LogP contribution in [0, 0.1) is 11.7 Å². The first kappa shape index (κ1) is 15.3. The van der Waals surface area contributed by atoms with Crippen LogP contribution in [0.3, 0.4) is 0 Å². The minimum Gasteiger partial charge on any atom is -0.356 e. The Bertz CT molecular complexity index is 645. The van der Waals surface area contributed by atoms with Gasteiger partial charge in [-0.3, -0.25) is 4.90 Å². The first-order valence-corrected chi connectivity index (χ1v) is 7.23. The van der Waals surface area contributed by atoms with E-state index in [1.54, 1.807) is 6.07 Å². The minimum absolute atomic E-state index is 0.292. The van der Waals surface area contributed by atoms with Crippen LogP contribution in [0.1, 0.15) is 25.0 Å². The molecule has 0 aliphatic carbocycles. The van der Waals surface area contributed by atoms with E-state index in [2.05, 4.69) is 10.1 Å². The van der Waals surface area contributed by atoms with Crippen molar-refractivity contribution in [3.05, 3.63) is 29.7 Å². The summed E-state index contributed by atoms with van der Waals surface area (Å²) in [5.41, 5.74) is 1.09. The van der Waals surface area contributed by atoms with Gasteiger partial charge in [0.1, 0.15) is 11.5 Å². The average molecular weight is 316 g/mol. The summed E-state index contributed by atoms with van der Waals surface area (Å²) in [4.78, 5) is 2.06. The molecule has 0 N–H and O–H groups in total. The molecule has 7 heteroatoms. The van der Waals surface area contributed by atoms with Crippen molar-refractivity contribution >= 4 is 11.0 Å². The summed E-state index contributed by atoms with van der Waals surface area (Å²) >= 11 is 0. The smallest absolute Gasteiger partial charge is 0.356 e. The predicted molar refractivity (Wildman–Crippen MR) is 72.6 cm³/mol. The lowest BCUT2D eigenvalue weighted by molar-refractivity contribution is -0.147. The molecule has 0 bridgehead atoms. The number of benzene rings is 1. The van der Waals surface area contributed by atoms with Gasteiger partial charge < -0.3 is 4.52 Å². The number of likely N-dealkylation sites (tertiary alicyclic amines) is 1. The van der Waals surface area contributed by atoms with Gasteiger partial charge in [0.15, 0.2) is 5.58 Å². The fraction of sp³-hybridized carbons (Fsp3) is 0.533. The fourth-order valence-electron chi connectivity index (χ4n) is 2.97. The van der Waals surface area contributed by atoms with Crippen molar-refractivity contribution < 1.29 is 22.1 Å². The van der Waals surface area contributed by atoms with Crippen LogP contribution in [0.15, 0.2) is 22.7 Å². The summed E-state index contributed by atoms with van der Waals surface area (Å²) < 4.78 is 55.3. The average Bonchev–Trinajstić information content (AvgIpc) is 2.81. The van der Waals surface area contributed by atoms with Gasteiger partial charge >= 0.3 is 6.18 Å². The lowest BCUT2D eigenvalue weighted by Gasteiger charge is -2.31. The maximum atomic E-state index is 13.1. The highest BCUT2D eigenvalue weighted by atomic mass is 19.4. The first-order chi connectivity index (χ1) is 10.4. The number of aromatic nitrogens is 1. The summed E-state index contributed by atoms with van der Waals surface area (Å²) in [5.74, 6) is -0.678. The highest BCUT2D eigenvalue weighted by molar-refractivity contribution is 5.79. The van der Waals surface area contributed by atoms with Crippen molar-refractivity contribution in [3.8, 4) is 0 Å². The molecule has 0 amide bonds. The number of fused-ring (bicyclic) bond motifs is 1. The topological polar surface area (TPSA) is 29.3 Å². The second-order valence-electron chi connectivity index (χ2n) is 5.81. The largest absolute Gasteiger partial charge is 0.389 e. The quantitative estimate of drug-likeness (QED) is 0.797. The highest BCUT2D eigenvalue weighted by Gasteiger charge is 2.33. The van der Waals surface area contributed by atoms with Gasteiger partial charge in [-0.1, -0.05) is 5.16 Å². The van der Waals surface area contributed by atoms with Crippen LogP contribution in [0.4, 0.5) is 17.6 Å². The molecular weight excluding hydrogens is 300 g/mol. The van der Waals surface area contributed by atoms with E-state index in [4.69, 9.17) is 4.52 Å². The molecule has 1 aromatic heterocycles. The van der Waals surface area contributed by atoms with E-state index in [-0.39, 0.29) is 11.7 Å². The number of piperidine rings is 1. The molecule has 0 atom stereocenters. The number of rotatable bonds is 3. The van der Waals surface area contributed by atoms with E-state index in [0.29, 0.717) is 43.8 Å². The van der Waals surface area contributed by atoms with Crippen molar-refractivity contribution in [1.29, 1.82) is 0 Å². The maximum Gasteiger partial charge on any atom is 0.389 e. The van der Waals surface area contributed by atoms with Gasteiger partial charge in [0.2, 0.25) is 0 Å². The Morgan fingerprint density at radius 3 is 2.64 bits per heavy atom. The van der Waals surface area contributed by atoms with Crippen LogP contribution in [-0.2, 0) is 6.54 Å². The van der Waals surface area contributed by atoms with E-state index < -0.39 is 12.6 Å². The van der Waals surface area contributed by atoms with Crippen LogP contribution >= 0.6 is 0 Å². The van der Waals surface area contributed by atoms with Crippen LogP contribution in [0.25, 0.3) is 11.0 Å². The monoisotopic (exact) mass is 316 g/mol. The van der Waals surface area contributed by atoms with Crippen LogP contribution in [0.5, 0.6) is 0 Å². The third-order valence-corrected chi connectivity index (χ3v) is 4.11. The molecule has 0 saturated carbocycles. The van der Waals surface area contributed by atoms with E-state index in [9.17, 15) is 17.6 Å². The highest BCUT2D eigenvalue weighted by Crippen LogP contribution is 2.31. The predicted octanol–water partition coefficient (Wildman–Crippen LogP) is 4.13. The number of hydrogen-bond acceptors (Lipinski definition) is 3. The van der Waals surface area contributed by atoms with Crippen LogP contribution in [0.2, 0.25) is 0 Å². The van der Waals surface area contributed by atoms with Gasteiger partial charge in [-0.2, -0.15) is 13.2 Å². The molecule has 0 radical (unpaired) electrons. The first-order valence-electron chi connectivity index (χ1n) is 7.23. The van der Waals surface area contributed by atoms with Crippen LogP contribution in [-0.4, -0.2) is 29.3 Å². The van der Waals surface area contributed by atoms with Gasteiger partial charge in [0.25, 0.3) is 0 Å². The zero-order chi connectivity index (χ0) is 15.7. The van der Waals surface area contributed by atoms with Crippen molar-refractivity contribution in [2.24, 2.45) is 5.92 Å². The molecule has 22 heavy (non-hydrogen) atoms. The molecule has 3 rings (SSSR count). The molecule has 1 aliphatic rings. The number of alkyl halides is 3. The Hall–Kier alpha value is -1.63. The van der Waals surface area contributed by atoms with Crippen LogP contribution < -0.4 is 0 Å². The lowest BCUT2D eigenvalue weighted by Crippen LogP contribution is -2.34. The van der Waals surface area contributed by atoms with E-state index in [1.165, 1.54) is 12.1 Å². The summed E-state index contributed by atoms with van der Waals surface area (Å²) in [6.45, 7) is 1.73. The minimum atomic E-state index is -4.08. The van der Waals surface area contributed by atoms with Crippen molar-refractivity contribution in [2.45, 2.75) is 32.0 Å². The van der Waals surface area contributed by atoms with E-state index >= 15 is 0 Å². The molecule has 0 unspecified atom stereocenters. The molecule has 2 heterocycles. The number of nitrogens with zero attached hydrogens (tertiary/aromatic N) is 2. The Kier molecular flexibility index (Phi) is 4.08. The SMILES string of the molecule is Fc1ccc2c(CN3CCC(CC(F)(F)F)CC3)noc2c1. The normalized spacial score (nSPS) is 18.2. The molecule has 1 aromatic carbocycles. The second kappa shape index (κ2) is 5.87.